The van der Waals surface area contributed by atoms with E-state index in [1.807, 2.05) is 7.05 Å². The van der Waals surface area contributed by atoms with Gasteiger partial charge in [0.05, 0.1) is 13.2 Å². The third-order valence-corrected chi connectivity index (χ3v) is 3.33. The first kappa shape index (κ1) is 23.5. The quantitative estimate of drug-likeness (QED) is 0.230. The van der Waals surface area contributed by atoms with Gasteiger partial charge in [0.25, 0.3) is 0 Å². The van der Waals surface area contributed by atoms with Crippen molar-refractivity contribution in [3.63, 3.8) is 0 Å². The lowest BCUT2D eigenvalue weighted by Gasteiger charge is -2.28. The van der Waals surface area contributed by atoms with Gasteiger partial charge in [-0.05, 0) is 11.2 Å². The molecule has 6 heteroatoms. The number of halogens is 1. The molecule has 0 rings (SSSR count). The van der Waals surface area contributed by atoms with Crippen molar-refractivity contribution >= 4 is 0 Å². The Morgan fingerprint density at radius 3 is 1.62 bits per heavy atom. The molecule has 0 amide bonds. The fourth-order valence-electron chi connectivity index (χ4n) is 2.17. The third-order valence-electron chi connectivity index (χ3n) is 3.33. The van der Waals surface area contributed by atoms with Gasteiger partial charge >= 0.3 is 0 Å². The lowest BCUT2D eigenvalue weighted by molar-refractivity contribution is -1.23. The highest BCUT2D eigenvalue weighted by Gasteiger charge is 2.25. The second-order valence-electron chi connectivity index (χ2n) is 5.33. The molecule has 0 unspecified atom stereocenters. The molecule has 2 N–H and O–H groups in total. The molecule has 0 aliphatic heterocycles. The summed E-state index contributed by atoms with van der Waals surface area (Å²) >= 11 is 0. The molecule has 130 valence electrons. The van der Waals surface area contributed by atoms with Gasteiger partial charge in [0.2, 0.25) is 0 Å². The molecule has 0 aromatic heterocycles. The second-order valence-corrected chi connectivity index (χ2v) is 5.33. The van der Waals surface area contributed by atoms with Crippen LogP contribution in [0.2, 0.25) is 0 Å². The maximum atomic E-state index is 8.83. The molecule has 0 aromatic rings. The number of hydrogen-bond donors (Lipinski definition) is 2. The van der Waals surface area contributed by atoms with Gasteiger partial charge in [0, 0.05) is 6.42 Å². The first-order chi connectivity index (χ1) is 9.68. The summed E-state index contributed by atoms with van der Waals surface area (Å²) in [4.78, 5) is 11.0. The Morgan fingerprint density at radius 1 is 0.762 bits per heavy atom. The van der Waals surface area contributed by atoms with Crippen LogP contribution >= 0.6 is 0 Å². The number of hydrogen-bond acceptors (Lipinski definition) is 4. The zero-order valence-corrected chi connectivity index (χ0v) is 15.3. The maximum Gasteiger partial charge on any atom is 0.142 e. The highest BCUT2D eigenvalue weighted by atomic mass is 79.9. The molecule has 0 aromatic carbocycles. The second kappa shape index (κ2) is 16.6. The predicted molar refractivity (Wildman–Crippen MR) is 79.7 cm³/mol. The van der Waals surface area contributed by atoms with Crippen LogP contribution in [0.4, 0.5) is 0 Å². The van der Waals surface area contributed by atoms with Crippen LogP contribution in [0, 0.1) is 0 Å². The van der Waals surface area contributed by atoms with Crippen LogP contribution in [0.15, 0.2) is 0 Å². The van der Waals surface area contributed by atoms with Crippen LogP contribution < -0.4 is 17.0 Å². The lowest BCUT2D eigenvalue weighted by atomic mass is 10.1. The summed E-state index contributed by atoms with van der Waals surface area (Å²) in [6.45, 7) is 3.44. The van der Waals surface area contributed by atoms with E-state index in [9.17, 15) is 0 Å². The molecule has 0 saturated heterocycles. The summed E-state index contributed by atoms with van der Waals surface area (Å²) < 4.78 is 0. The molecule has 5 nitrogen and oxygen atoms in total. The molecule has 21 heavy (non-hydrogen) atoms. The van der Waals surface area contributed by atoms with Gasteiger partial charge in [-0.3, -0.25) is 0 Å². The minimum atomic E-state index is -0.0201. The van der Waals surface area contributed by atoms with Crippen LogP contribution in [0.5, 0.6) is 0 Å². The molecule has 0 spiro atoms. The van der Waals surface area contributed by atoms with Crippen molar-refractivity contribution in [3.05, 3.63) is 0 Å². The highest BCUT2D eigenvalue weighted by molar-refractivity contribution is 4.45. The molecule has 0 heterocycles. The summed E-state index contributed by atoms with van der Waals surface area (Å²) in [7, 11) is 1.83. The zero-order chi connectivity index (χ0) is 15.1. The van der Waals surface area contributed by atoms with E-state index in [-0.39, 0.29) is 48.2 Å². The fraction of sp³-hybridized carbons (Fsp3) is 1.00. The van der Waals surface area contributed by atoms with Gasteiger partial charge in [0.15, 0.2) is 0 Å². The molecule has 0 bridgehead atoms. The number of hydroxylamine groups is 4. The van der Waals surface area contributed by atoms with E-state index < -0.39 is 0 Å². The van der Waals surface area contributed by atoms with Crippen molar-refractivity contribution in [2.75, 3.05) is 40.0 Å². The van der Waals surface area contributed by atoms with E-state index in [4.69, 9.17) is 19.9 Å². The van der Waals surface area contributed by atoms with Crippen molar-refractivity contribution < 1.29 is 41.7 Å². The van der Waals surface area contributed by atoms with Gasteiger partial charge in [-0.1, -0.05) is 45.4 Å². The molecule has 0 fully saturated rings. The van der Waals surface area contributed by atoms with Crippen molar-refractivity contribution in [2.45, 2.75) is 58.3 Å². The molecular weight excluding hydrogens is 338 g/mol. The monoisotopic (exact) mass is 371 g/mol. The minimum absolute atomic E-state index is 0. The summed E-state index contributed by atoms with van der Waals surface area (Å²) in [6, 6.07) is 0. The number of rotatable bonds is 15. The average Bonchev–Trinajstić information content (AvgIpc) is 2.46. The SMILES string of the molecule is CCCCCCCCCC[N+](C)(OCCO)OCCO.[Br-]. The maximum absolute atomic E-state index is 8.83. The molecule has 0 aliphatic carbocycles. The van der Waals surface area contributed by atoms with Gasteiger partial charge in [-0.15, -0.1) is 0 Å². The van der Waals surface area contributed by atoms with E-state index >= 15 is 0 Å². The van der Waals surface area contributed by atoms with Crippen molar-refractivity contribution in [2.24, 2.45) is 0 Å². The van der Waals surface area contributed by atoms with Gasteiger partial charge in [-0.2, -0.15) is 9.68 Å². The topological polar surface area (TPSA) is 58.9 Å². The van der Waals surface area contributed by atoms with Gasteiger partial charge < -0.3 is 27.2 Å². The van der Waals surface area contributed by atoms with E-state index in [1.165, 1.54) is 44.9 Å². The summed E-state index contributed by atoms with van der Waals surface area (Å²) in [5.41, 5.74) is 0. The summed E-state index contributed by atoms with van der Waals surface area (Å²) in [6.07, 6.45) is 10.1. The number of nitrogens with zero attached hydrogens (tertiary/aromatic N) is 1. The smallest absolute Gasteiger partial charge is 0.142 e. The Hall–Kier alpha value is 0.280. The minimum Gasteiger partial charge on any atom is -1.00 e. The Balaban J connectivity index is 0. The zero-order valence-electron chi connectivity index (χ0n) is 13.7. The van der Waals surface area contributed by atoms with E-state index in [0.717, 1.165) is 13.0 Å². The average molecular weight is 372 g/mol. The van der Waals surface area contributed by atoms with E-state index in [0.29, 0.717) is 0 Å². The van der Waals surface area contributed by atoms with Gasteiger partial charge in [0.1, 0.15) is 26.8 Å². The molecule has 0 atom stereocenters. The number of unbranched alkanes of at least 4 members (excludes halogenated alkanes) is 7. The third kappa shape index (κ3) is 15.0. The fourth-order valence-corrected chi connectivity index (χ4v) is 2.17. The normalized spacial score (nSPS) is 11.4. The first-order valence-corrected chi connectivity index (χ1v) is 8.05. The molecule has 0 saturated carbocycles. The molecule has 0 aliphatic rings. The van der Waals surface area contributed by atoms with Crippen molar-refractivity contribution in [1.82, 2.24) is 0 Å². The number of aliphatic hydroxyl groups excluding tert-OH is 2. The van der Waals surface area contributed by atoms with Crippen LogP contribution in [-0.4, -0.2) is 55.0 Å². The van der Waals surface area contributed by atoms with Crippen molar-refractivity contribution in [3.8, 4) is 0 Å². The van der Waals surface area contributed by atoms with Crippen molar-refractivity contribution in [1.29, 1.82) is 0 Å². The summed E-state index contributed by atoms with van der Waals surface area (Å²) in [5.74, 6) is 0. The van der Waals surface area contributed by atoms with Gasteiger partial charge in [-0.25, -0.2) is 0 Å². The first-order valence-electron chi connectivity index (χ1n) is 8.05. The largest absolute Gasteiger partial charge is 1.00 e. The Kier molecular flexibility index (Phi) is 18.7. The molecular formula is C15H34BrNO4. The highest BCUT2D eigenvalue weighted by Crippen LogP contribution is 2.12. The van der Waals surface area contributed by atoms with Crippen LogP contribution in [0.25, 0.3) is 0 Å². The predicted octanol–water partition coefficient (Wildman–Crippen LogP) is -0.574. The van der Waals surface area contributed by atoms with E-state index in [1.54, 1.807) is 0 Å². The van der Waals surface area contributed by atoms with Crippen LogP contribution in [0.3, 0.4) is 0 Å². The Morgan fingerprint density at radius 2 is 1.19 bits per heavy atom. The summed E-state index contributed by atoms with van der Waals surface area (Å²) in [5, 5.41) is 17.7. The van der Waals surface area contributed by atoms with Crippen LogP contribution in [-0.2, 0) is 9.68 Å². The number of quaternary nitrogens is 1. The Bertz CT molecular complexity index is 200. The van der Waals surface area contributed by atoms with E-state index in [2.05, 4.69) is 6.92 Å². The molecule has 0 radical (unpaired) electrons. The number of aliphatic hydroxyl groups is 2. The van der Waals surface area contributed by atoms with Crippen LogP contribution in [0.1, 0.15) is 58.3 Å². The Labute approximate surface area is 140 Å². The lowest BCUT2D eigenvalue weighted by Crippen LogP contribution is -3.00. The standard InChI is InChI=1S/C15H34NO4.BrH/c1-3-4-5-6-7-8-9-10-11-16(2,19-14-12-17)20-15-13-18;/h17-18H,3-15H2,1-2H3;1H/q+1;/p-1.